The molecule has 3 aromatic rings. The molecule has 2 N–H and O–H groups in total. The van der Waals surface area contributed by atoms with Crippen molar-refractivity contribution in [2.75, 3.05) is 38.1 Å². The van der Waals surface area contributed by atoms with Crippen LogP contribution in [0, 0.1) is 0 Å². The third-order valence-corrected chi connectivity index (χ3v) is 4.91. The predicted molar refractivity (Wildman–Crippen MR) is 113 cm³/mol. The Morgan fingerprint density at radius 1 is 1.14 bits per heavy atom. The largest absolute Gasteiger partial charge is 0.484 e. The number of hydrogen-bond donors (Lipinski definition) is 2. The first-order chi connectivity index (χ1) is 14.2. The highest BCUT2D eigenvalue weighted by atomic mass is 35.5. The summed E-state index contributed by atoms with van der Waals surface area (Å²) in [5.74, 6) is 0.341. The molecule has 1 amide bonds. The minimum Gasteiger partial charge on any atom is -0.484 e. The second-order valence-electron chi connectivity index (χ2n) is 6.88. The number of hydrogen-bond acceptors (Lipinski definition) is 6. The minimum absolute atomic E-state index is 0.0883. The molecule has 1 aliphatic rings. The predicted octanol–water partition coefficient (Wildman–Crippen LogP) is 2.71. The van der Waals surface area contributed by atoms with E-state index in [1.54, 1.807) is 30.5 Å². The Morgan fingerprint density at radius 3 is 2.72 bits per heavy atom. The molecule has 1 aromatic heterocycles. The van der Waals surface area contributed by atoms with Gasteiger partial charge in [0.15, 0.2) is 6.61 Å². The number of aromatic nitrogens is 2. The minimum atomic E-state index is -0.248. The molecule has 4 rings (SSSR count). The number of rotatable bonds is 6. The lowest BCUT2D eigenvalue weighted by Gasteiger charge is -2.26. The van der Waals surface area contributed by atoms with Gasteiger partial charge in [-0.05, 0) is 42.5 Å². The van der Waals surface area contributed by atoms with Crippen molar-refractivity contribution >= 4 is 34.2 Å². The highest BCUT2D eigenvalue weighted by molar-refractivity contribution is 6.30. The summed E-state index contributed by atoms with van der Waals surface area (Å²) in [4.78, 5) is 23.7. The lowest BCUT2D eigenvalue weighted by molar-refractivity contribution is -0.118. The molecule has 0 aliphatic carbocycles. The molecule has 8 heteroatoms. The molecular weight excluding hydrogens is 390 g/mol. The zero-order valence-corrected chi connectivity index (χ0v) is 16.7. The number of amides is 1. The van der Waals surface area contributed by atoms with Gasteiger partial charge in [-0.25, -0.2) is 4.98 Å². The van der Waals surface area contributed by atoms with Gasteiger partial charge >= 0.3 is 0 Å². The van der Waals surface area contributed by atoms with Gasteiger partial charge in [0.25, 0.3) is 5.91 Å². The summed E-state index contributed by atoms with van der Waals surface area (Å²) < 4.78 is 5.46. The Kier molecular flexibility index (Phi) is 6.19. The zero-order chi connectivity index (χ0) is 20.1. The van der Waals surface area contributed by atoms with Gasteiger partial charge in [0, 0.05) is 43.4 Å². The number of anilines is 1. The SMILES string of the molecule is O=C(COc1ccc(Cl)cc1)Nc1ccc2nc(CN3CCNCC3)cnc2c1. The second-order valence-corrected chi connectivity index (χ2v) is 7.32. The first-order valence-electron chi connectivity index (χ1n) is 9.53. The van der Waals surface area contributed by atoms with Crippen LogP contribution in [0.1, 0.15) is 5.69 Å². The second kappa shape index (κ2) is 9.17. The molecule has 29 heavy (non-hydrogen) atoms. The fourth-order valence-electron chi connectivity index (χ4n) is 3.18. The normalized spacial score (nSPS) is 14.7. The van der Waals surface area contributed by atoms with Gasteiger partial charge in [-0.15, -0.1) is 0 Å². The molecule has 150 valence electrons. The maximum atomic E-state index is 12.2. The van der Waals surface area contributed by atoms with Crippen LogP contribution in [0.3, 0.4) is 0 Å². The van der Waals surface area contributed by atoms with Gasteiger partial charge in [-0.2, -0.15) is 0 Å². The molecule has 0 bridgehead atoms. The Balaban J connectivity index is 1.36. The third-order valence-electron chi connectivity index (χ3n) is 4.65. The summed E-state index contributed by atoms with van der Waals surface area (Å²) in [6.45, 7) is 4.75. The lowest BCUT2D eigenvalue weighted by Crippen LogP contribution is -2.43. The van der Waals surface area contributed by atoms with E-state index in [-0.39, 0.29) is 12.5 Å². The number of carbonyl (C=O) groups excluding carboxylic acids is 1. The number of ether oxygens (including phenoxy) is 1. The first-order valence-corrected chi connectivity index (χ1v) is 9.90. The molecule has 0 atom stereocenters. The molecule has 1 saturated heterocycles. The van der Waals surface area contributed by atoms with E-state index in [1.807, 2.05) is 18.2 Å². The number of piperazine rings is 1. The van der Waals surface area contributed by atoms with Gasteiger partial charge in [0.05, 0.1) is 22.9 Å². The summed E-state index contributed by atoms with van der Waals surface area (Å²) in [7, 11) is 0. The van der Waals surface area contributed by atoms with Crippen molar-refractivity contribution in [3.05, 3.63) is 59.4 Å². The number of nitrogens with zero attached hydrogens (tertiary/aromatic N) is 3. The van der Waals surface area contributed by atoms with Crippen molar-refractivity contribution in [3.8, 4) is 5.75 Å². The Morgan fingerprint density at radius 2 is 1.93 bits per heavy atom. The third kappa shape index (κ3) is 5.41. The standard InChI is InChI=1S/C21H22ClN5O2/c22-15-1-4-18(5-2-15)29-14-21(28)26-16-3-6-19-20(11-16)24-12-17(25-19)13-27-9-7-23-8-10-27/h1-6,11-12,23H,7-10,13-14H2,(H,26,28). The number of benzene rings is 2. The molecule has 2 heterocycles. The quantitative estimate of drug-likeness (QED) is 0.649. The lowest BCUT2D eigenvalue weighted by atomic mass is 10.2. The van der Waals surface area contributed by atoms with Crippen molar-refractivity contribution in [1.82, 2.24) is 20.2 Å². The monoisotopic (exact) mass is 411 g/mol. The van der Waals surface area contributed by atoms with Gasteiger partial charge in [-0.1, -0.05) is 11.6 Å². The summed E-state index contributed by atoms with van der Waals surface area (Å²) >= 11 is 5.84. The van der Waals surface area contributed by atoms with E-state index in [4.69, 9.17) is 21.3 Å². The van der Waals surface area contributed by atoms with Gasteiger partial charge in [-0.3, -0.25) is 14.7 Å². The van der Waals surface area contributed by atoms with E-state index in [9.17, 15) is 4.79 Å². The molecule has 7 nitrogen and oxygen atoms in total. The molecule has 1 fully saturated rings. The van der Waals surface area contributed by atoms with Gasteiger partial charge < -0.3 is 15.4 Å². The molecule has 2 aromatic carbocycles. The van der Waals surface area contributed by atoms with Gasteiger partial charge in [0.2, 0.25) is 0 Å². The average molecular weight is 412 g/mol. The van der Waals surface area contributed by atoms with Crippen LogP contribution in [0.15, 0.2) is 48.7 Å². The van der Waals surface area contributed by atoms with E-state index in [0.717, 1.165) is 49.5 Å². The number of fused-ring (bicyclic) bond motifs is 1. The molecular formula is C21H22ClN5O2. The van der Waals surface area contributed by atoms with Crippen LogP contribution in [0.4, 0.5) is 5.69 Å². The summed E-state index contributed by atoms with van der Waals surface area (Å²) in [5.41, 5.74) is 3.16. The van der Waals surface area contributed by atoms with E-state index < -0.39 is 0 Å². The van der Waals surface area contributed by atoms with E-state index in [1.165, 1.54) is 0 Å². The fraction of sp³-hybridized carbons (Fsp3) is 0.286. The summed E-state index contributed by atoms with van der Waals surface area (Å²) in [6.07, 6.45) is 1.81. The molecule has 0 saturated carbocycles. The zero-order valence-electron chi connectivity index (χ0n) is 15.9. The number of carbonyl (C=O) groups is 1. The topological polar surface area (TPSA) is 79.4 Å². The van der Waals surface area contributed by atoms with Gasteiger partial charge in [0.1, 0.15) is 5.75 Å². The summed E-state index contributed by atoms with van der Waals surface area (Å²) in [6, 6.07) is 12.4. The average Bonchev–Trinajstić information content (AvgIpc) is 2.74. The first kappa shape index (κ1) is 19.6. The molecule has 0 spiro atoms. The van der Waals surface area contributed by atoms with E-state index in [2.05, 4.69) is 20.5 Å². The number of halogens is 1. The highest BCUT2D eigenvalue weighted by Gasteiger charge is 2.12. The smallest absolute Gasteiger partial charge is 0.262 e. The molecule has 1 aliphatic heterocycles. The Hall–Kier alpha value is -2.74. The van der Waals surface area contributed by atoms with Crippen LogP contribution >= 0.6 is 11.6 Å². The van der Waals surface area contributed by atoms with E-state index in [0.29, 0.717) is 16.5 Å². The van der Waals surface area contributed by atoms with Crippen LogP contribution in [0.2, 0.25) is 5.02 Å². The Labute approximate surface area is 174 Å². The van der Waals surface area contributed by atoms with Crippen LogP contribution in [-0.2, 0) is 11.3 Å². The highest BCUT2D eigenvalue weighted by Crippen LogP contribution is 2.18. The van der Waals surface area contributed by atoms with Crippen LogP contribution in [0.5, 0.6) is 5.75 Å². The van der Waals surface area contributed by atoms with Crippen LogP contribution < -0.4 is 15.4 Å². The fourth-order valence-corrected chi connectivity index (χ4v) is 3.30. The Bertz CT molecular complexity index is 990. The molecule has 0 radical (unpaired) electrons. The van der Waals surface area contributed by atoms with E-state index >= 15 is 0 Å². The van der Waals surface area contributed by atoms with Crippen LogP contribution in [0.25, 0.3) is 11.0 Å². The molecule has 0 unspecified atom stereocenters. The van der Waals surface area contributed by atoms with Crippen molar-refractivity contribution in [2.24, 2.45) is 0 Å². The van der Waals surface area contributed by atoms with Crippen molar-refractivity contribution in [3.63, 3.8) is 0 Å². The van der Waals surface area contributed by atoms with Crippen molar-refractivity contribution < 1.29 is 9.53 Å². The van der Waals surface area contributed by atoms with Crippen molar-refractivity contribution in [2.45, 2.75) is 6.54 Å². The maximum absolute atomic E-state index is 12.2. The maximum Gasteiger partial charge on any atom is 0.262 e. The summed E-state index contributed by atoms with van der Waals surface area (Å²) in [5, 5.41) is 6.79. The van der Waals surface area contributed by atoms with Crippen LogP contribution in [-0.4, -0.2) is 53.6 Å². The van der Waals surface area contributed by atoms with Crippen molar-refractivity contribution in [1.29, 1.82) is 0 Å². The number of nitrogens with one attached hydrogen (secondary N) is 2.